The number of amides is 1. The Kier molecular flexibility index (Phi) is 7.10. The number of rotatable bonds is 6. The van der Waals surface area contributed by atoms with Gasteiger partial charge < -0.3 is 15.5 Å². The van der Waals surface area contributed by atoms with Gasteiger partial charge in [0.2, 0.25) is 5.96 Å². The molecule has 7 nitrogen and oxygen atoms in total. The smallest absolute Gasteiger partial charge is 0.258 e. The van der Waals surface area contributed by atoms with Crippen molar-refractivity contribution in [1.82, 2.24) is 21.5 Å². The quantitative estimate of drug-likeness (QED) is 0.430. The van der Waals surface area contributed by atoms with Gasteiger partial charge in [-0.05, 0) is 48.9 Å². The normalized spacial score (nSPS) is 17.1. The minimum Gasteiger partial charge on any atom is -0.382 e. The minimum absolute atomic E-state index is 0.166. The van der Waals surface area contributed by atoms with Crippen LogP contribution in [0.4, 0.5) is 8.78 Å². The van der Waals surface area contributed by atoms with Gasteiger partial charge in [0.05, 0.1) is 18.7 Å². The predicted molar refractivity (Wildman–Crippen MR) is 109 cm³/mol. The summed E-state index contributed by atoms with van der Waals surface area (Å²) in [6.07, 6.45) is 1.83. The number of hydrazine groups is 1. The maximum Gasteiger partial charge on any atom is 0.258 e. The standard InChI is InChI=1S/C21H23F2N5O2/c1-13(12-30-2)24-21(26-20(29)15-4-3-5-17(23)10-15)25-19-11-18(27-28-19)14-6-8-16(22)9-7-14/h3-11,13,18,27-28H,12H2,1-2H3,(H2,24,25,26,29)/t13-,18?/m0/s1. The first kappa shape index (κ1) is 21.4. The number of aliphatic imine (C=N–C) groups is 1. The zero-order valence-corrected chi connectivity index (χ0v) is 16.6. The molecule has 1 unspecified atom stereocenters. The van der Waals surface area contributed by atoms with Crippen molar-refractivity contribution in [3.63, 3.8) is 0 Å². The molecular formula is C21H23F2N5O2. The fourth-order valence-electron chi connectivity index (χ4n) is 2.86. The number of guanidine groups is 1. The van der Waals surface area contributed by atoms with E-state index in [2.05, 4.69) is 26.5 Å². The third-order valence-electron chi connectivity index (χ3n) is 4.25. The molecule has 9 heteroatoms. The van der Waals surface area contributed by atoms with Gasteiger partial charge in [0.1, 0.15) is 17.5 Å². The summed E-state index contributed by atoms with van der Waals surface area (Å²) in [7, 11) is 1.56. The van der Waals surface area contributed by atoms with Crippen LogP contribution in [0.25, 0.3) is 0 Å². The third-order valence-corrected chi connectivity index (χ3v) is 4.25. The van der Waals surface area contributed by atoms with Crippen molar-refractivity contribution in [3.8, 4) is 0 Å². The number of halogens is 2. The number of methoxy groups -OCH3 is 1. The van der Waals surface area contributed by atoms with Gasteiger partial charge in [-0.15, -0.1) is 0 Å². The summed E-state index contributed by atoms with van der Waals surface area (Å²) < 4.78 is 31.7. The van der Waals surface area contributed by atoms with Gasteiger partial charge >= 0.3 is 0 Å². The molecule has 0 saturated heterocycles. The molecule has 0 saturated carbocycles. The number of nitrogens with zero attached hydrogens (tertiary/aromatic N) is 1. The lowest BCUT2D eigenvalue weighted by Gasteiger charge is -2.15. The maximum absolute atomic E-state index is 13.4. The van der Waals surface area contributed by atoms with E-state index < -0.39 is 11.7 Å². The molecule has 3 rings (SSSR count). The van der Waals surface area contributed by atoms with Gasteiger partial charge in [0, 0.05) is 12.7 Å². The Morgan fingerprint density at radius 1 is 1.20 bits per heavy atom. The Balaban J connectivity index is 1.75. The van der Waals surface area contributed by atoms with Gasteiger partial charge in [0.15, 0.2) is 0 Å². The van der Waals surface area contributed by atoms with Gasteiger partial charge in [-0.2, -0.15) is 0 Å². The number of carbonyl (C=O) groups is 1. The highest BCUT2D eigenvalue weighted by Gasteiger charge is 2.19. The number of nitrogens with one attached hydrogen (secondary N) is 4. The summed E-state index contributed by atoms with van der Waals surface area (Å²) in [5.41, 5.74) is 7.03. The van der Waals surface area contributed by atoms with Crippen LogP contribution in [0.5, 0.6) is 0 Å². The molecule has 2 aromatic carbocycles. The van der Waals surface area contributed by atoms with Crippen LogP contribution in [0, 0.1) is 11.6 Å². The summed E-state index contributed by atoms with van der Waals surface area (Å²) in [6.45, 7) is 2.18. The van der Waals surface area contributed by atoms with Gasteiger partial charge in [0.25, 0.3) is 5.91 Å². The molecular weight excluding hydrogens is 392 g/mol. The lowest BCUT2D eigenvalue weighted by molar-refractivity contribution is 0.0975. The first-order chi connectivity index (χ1) is 14.4. The van der Waals surface area contributed by atoms with E-state index >= 15 is 0 Å². The lowest BCUT2D eigenvalue weighted by atomic mass is 10.1. The van der Waals surface area contributed by atoms with E-state index in [1.54, 1.807) is 19.2 Å². The van der Waals surface area contributed by atoms with E-state index in [4.69, 9.17) is 4.74 Å². The third kappa shape index (κ3) is 5.85. The molecule has 4 N–H and O–H groups in total. The molecule has 30 heavy (non-hydrogen) atoms. The Hall–Kier alpha value is -3.30. The molecule has 0 aliphatic carbocycles. The van der Waals surface area contributed by atoms with Crippen LogP contribution in [0.3, 0.4) is 0 Å². The van der Waals surface area contributed by atoms with Crippen molar-refractivity contribution >= 4 is 11.9 Å². The van der Waals surface area contributed by atoms with Crippen LogP contribution in [-0.4, -0.2) is 31.6 Å². The van der Waals surface area contributed by atoms with E-state index in [0.717, 1.165) is 11.6 Å². The van der Waals surface area contributed by atoms with Crippen LogP contribution in [0.1, 0.15) is 28.9 Å². The molecule has 1 aliphatic heterocycles. The van der Waals surface area contributed by atoms with E-state index in [1.807, 2.05) is 13.0 Å². The minimum atomic E-state index is -0.507. The Labute approximate surface area is 173 Å². The number of benzene rings is 2. The Morgan fingerprint density at radius 2 is 1.97 bits per heavy atom. The predicted octanol–water partition coefficient (Wildman–Crippen LogP) is 2.37. The molecule has 0 radical (unpaired) electrons. The van der Waals surface area contributed by atoms with Crippen molar-refractivity contribution in [2.24, 2.45) is 4.99 Å². The molecule has 1 amide bonds. The SMILES string of the molecule is COC[C@H](C)N=C(NC(=O)c1cccc(F)c1)NC1=CC(c2ccc(F)cc2)NN1. The van der Waals surface area contributed by atoms with E-state index in [0.29, 0.717) is 12.4 Å². The van der Waals surface area contributed by atoms with Crippen molar-refractivity contribution in [3.05, 3.63) is 83.2 Å². The molecule has 0 spiro atoms. The molecule has 0 aromatic heterocycles. The van der Waals surface area contributed by atoms with Crippen LogP contribution < -0.4 is 21.5 Å². The van der Waals surface area contributed by atoms with E-state index in [1.165, 1.54) is 30.3 Å². The number of hydrogen-bond donors (Lipinski definition) is 4. The highest BCUT2D eigenvalue weighted by Crippen LogP contribution is 2.18. The molecule has 1 heterocycles. The van der Waals surface area contributed by atoms with Crippen molar-refractivity contribution in [1.29, 1.82) is 0 Å². The van der Waals surface area contributed by atoms with Crippen LogP contribution >= 0.6 is 0 Å². The molecule has 2 aromatic rings. The first-order valence-electron chi connectivity index (χ1n) is 9.34. The summed E-state index contributed by atoms with van der Waals surface area (Å²) in [5.74, 6) is -0.602. The second-order valence-corrected chi connectivity index (χ2v) is 6.75. The summed E-state index contributed by atoms with van der Waals surface area (Å²) in [4.78, 5) is 16.9. The number of ether oxygens (including phenoxy) is 1. The highest BCUT2D eigenvalue weighted by atomic mass is 19.1. The maximum atomic E-state index is 13.4. The van der Waals surface area contributed by atoms with E-state index in [-0.39, 0.29) is 29.4 Å². The molecule has 2 atom stereocenters. The van der Waals surface area contributed by atoms with E-state index in [9.17, 15) is 13.6 Å². The first-order valence-corrected chi connectivity index (χ1v) is 9.34. The fraction of sp³-hybridized carbons (Fsp3) is 0.238. The monoisotopic (exact) mass is 415 g/mol. The van der Waals surface area contributed by atoms with Gasteiger partial charge in [-0.25, -0.2) is 19.2 Å². The second kappa shape index (κ2) is 9.95. The van der Waals surface area contributed by atoms with Crippen molar-refractivity contribution < 1.29 is 18.3 Å². The average Bonchev–Trinajstić information content (AvgIpc) is 3.17. The van der Waals surface area contributed by atoms with Crippen LogP contribution in [-0.2, 0) is 4.74 Å². The topological polar surface area (TPSA) is 86.8 Å². The highest BCUT2D eigenvalue weighted by molar-refractivity contribution is 6.06. The van der Waals surface area contributed by atoms with Crippen molar-refractivity contribution in [2.75, 3.05) is 13.7 Å². The average molecular weight is 415 g/mol. The van der Waals surface area contributed by atoms with Crippen LogP contribution in [0.15, 0.2) is 65.4 Å². The lowest BCUT2D eigenvalue weighted by Crippen LogP contribution is -2.44. The van der Waals surface area contributed by atoms with Crippen molar-refractivity contribution in [2.45, 2.75) is 19.0 Å². The molecule has 0 fully saturated rings. The molecule has 158 valence electrons. The second-order valence-electron chi connectivity index (χ2n) is 6.75. The summed E-state index contributed by atoms with van der Waals surface area (Å²) in [5, 5.41) is 5.67. The fourth-order valence-corrected chi connectivity index (χ4v) is 2.86. The van der Waals surface area contributed by atoms with Gasteiger partial charge in [-0.1, -0.05) is 18.2 Å². The zero-order chi connectivity index (χ0) is 21.5. The summed E-state index contributed by atoms with van der Waals surface area (Å²) in [6, 6.07) is 11.0. The number of carbonyl (C=O) groups excluding carboxylic acids is 1. The zero-order valence-electron chi connectivity index (χ0n) is 16.6. The molecule has 1 aliphatic rings. The van der Waals surface area contributed by atoms with Crippen LogP contribution in [0.2, 0.25) is 0 Å². The Morgan fingerprint density at radius 3 is 2.67 bits per heavy atom. The Bertz CT molecular complexity index is 947. The summed E-state index contributed by atoms with van der Waals surface area (Å²) >= 11 is 0. The molecule has 0 bridgehead atoms. The number of hydrogen-bond acceptors (Lipinski definition) is 5. The largest absolute Gasteiger partial charge is 0.382 e. The van der Waals surface area contributed by atoms with Gasteiger partial charge in [-0.3, -0.25) is 10.1 Å².